The second-order valence-electron chi connectivity index (χ2n) is 7.84. The van der Waals surface area contributed by atoms with Gasteiger partial charge in [-0.2, -0.15) is 11.8 Å². The minimum atomic E-state index is 1.17. The first-order valence-corrected chi connectivity index (χ1v) is 16.1. The molecule has 0 nitrogen and oxygen atoms in total. The average Bonchev–Trinajstić information content (AvgIpc) is 3.35. The molecule has 0 N–H and O–H groups in total. The van der Waals surface area contributed by atoms with Crippen LogP contribution in [0.3, 0.4) is 0 Å². The minimum absolute atomic E-state index is 1.17. The molecule has 0 atom stereocenters. The highest BCUT2D eigenvalue weighted by Gasteiger charge is 2.28. The fraction of sp³-hybridized carbons (Fsp3) is 0.583. The van der Waals surface area contributed by atoms with Gasteiger partial charge < -0.3 is 0 Å². The lowest BCUT2D eigenvalue weighted by atomic mass is 10.0. The number of aryl methyl sites for hydroxylation is 1. The van der Waals surface area contributed by atoms with Gasteiger partial charge in [-0.05, 0) is 90.4 Å². The van der Waals surface area contributed by atoms with Gasteiger partial charge in [0.2, 0.25) is 0 Å². The zero-order chi connectivity index (χ0) is 20.2. The molecule has 4 rings (SSSR count). The zero-order valence-corrected chi connectivity index (χ0v) is 22.0. The van der Waals surface area contributed by atoms with Crippen LogP contribution < -0.4 is 0 Å². The van der Waals surface area contributed by atoms with E-state index in [1.807, 2.05) is 23.1 Å². The maximum atomic E-state index is 2.45. The van der Waals surface area contributed by atoms with Crippen LogP contribution >= 0.6 is 58.0 Å². The normalized spacial score (nSPS) is 18.7. The molecule has 0 saturated carbocycles. The Morgan fingerprint density at radius 1 is 1.10 bits per heavy atom. The molecular formula is C24H32S5. The van der Waals surface area contributed by atoms with Crippen molar-refractivity contribution in [1.82, 2.24) is 0 Å². The van der Waals surface area contributed by atoms with E-state index in [2.05, 4.69) is 60.3 Å². The Kier molecular flexibility index (Phi) is 8.24. The van der Waals surface area contributed by atoms with Crippen molar-refractivity contribution < 1.29 is 0 Å². The summed E-state index contributed by atoms with van der Waals surface area (Å²) in [5, 5.41) is 2.45. The first-order chi connectivity index (χ1) is 14.3. The van der Waals surface area contributed by atoms with E-state index >= 15 is 0 Å². The molecule has 2 aromatic heterocycles. The van der Waals surface area contributed by atoms with Crippen LogP contribution in [0.2, 0.25) is 0 Å². The lowest BCUT2D eigenvalue weighted by Gasteiger charge is -2.19. The van der Waals surface area contributed by atoms with E-state index in [9.17, 15) is 0 Å². The summed E-state index contributed by atoms with van der Waals surface area (Å²) >= 11 is 10.4. The van der Waals surface area contributed by atoms with Gasteiger partial charge in [-0.1, -0.05) is 20.3 Å². The monoisotopic (exact) mass is 480 g/mol. The van der Waals surface area contributed by atoms with Crippen molar-refractivity contribution in [1.29, 1.82) is 0 Å². The van der Waals surface area contributed by atoms with E-state index in [1.54, 1.807) is 46.7 Å². The lowest BCUT2D eigenvalue weighted by Crippen LogP contribution is -2.03. The summed E-state index contributed by atoms with van der Waals surface area (Å²) in [5.74, 6) is 3.87. The fourth-order valence-electron chi connectivity index (χ4n) is 4.35. The summed E-state index contributed by atoms with van der Waals surface area (Å²) in [4.78, 5) is 8.08. The van der Waals surface area contributed by atoms with Crippen molar-refractivity contribution >= 4 is 62.9 Å². The van der Waals surface area contributed by atoms with E-state index in [0.717, 1.165) is 0 Å². The third-order valence-electron chi connectivity index (χ3n) is 5.90. The number of thioether (sulfide) groups is 3. The molecule has 2 aliphatic rings. The van der Waals surface area contributed by atoms with E-state index in [0.29, 0.717) is 0 Å². The van der Waals surface area contributed by atoms with Crippen molar-refractivity contribution in [2.75, 3.05) is 23.5 Å². The van der Waals surface area contributed by atoms with Crippen LogP contribution in [0.15, 0.2) is 15.8 Å². The molecule has 0 aliphatic carbocycles. The molecule has 2 aromatic rings. The molecule has 2 aliphatic heterocycles. The van der Waals surface area contributed by atoms with Crippen molar-refractivity contribution in [3.63, 3.8) is 0 Å². The van der Waals surface area contributed by atoms with Crippen LogP contribution in [0.1, 0.15) is 67.5 Å². The number of fused-ring (bicyclic) bond motifs is 1. The highest BCUT2D eigenvalue weighted by atomic mass is 32.2. The second kappa shape index (κ2) is 10.7. The number of hydrogen-bond acceptors (Lipinski definition) is 5. The molecule has 1 fully saturated rings. The standard InChI is InChI=1S/C24H32S5/c1-4-6-10-18-16(5-2)15-28-21(18)24-22-19(11-8-13-27-22)23(29-24)20(25-3)17-9-7-12-26-14-17/h15H,4-14H2,1-3H3/b20-17-. The van der Waals surface area contributed by atoms with Gasteiger partial charge in [-0.3, -0.25) is 0 Å². The highest BCUT2D eigenvalue weighted by molar-refractivity contribution is 8.08. The maximum Gasteiger partial charge on any atom is 0.0591 e. The number of unbranched alkanes of at least 4 members (excludes halogenated alkanes) is 1. The Bertz CT molecular complexity index is 862. The third kappa shape index (κ3) is 4.69. The molecule has 29 heavy (non-hydrogen) atoms. The summed E-state index contributed by atoms with van der Waals surface area (Å²) < 4.78 is 0. The van der Waals surface area contributed by atoms with Crippen LogP contribution in [-0.4, -0.2) is 23.5 Å². The van der Waals surface area contributed by atoms with Crippen LogP contribution in [0, 0.1) is 0 Å². The van der Waals surface area contributed by atoms with Gasteiger partial charge in [0.1, 0.15) is 0 Å². The predicted molar refractivity (Wildman–Crippen MR) is 142 cm³/mol. The summed E-state index contributed by atoms with van der Waals surface area (Å²) in [5.41, 5.74) is 6.65. The molecular weight excluding hydrogens is 449 g/mol. The van der Waals surface area contributed by atoms with Crippen LogP contribution in [0.25, 0.3) is 14.7 Å². The van der Waals surface area contributed by atoms with E-state index < -0.39 is 0 Å². The number of hydrogen-bond donors (Lipinski definition) is 0. The maximum absolute atomic E-state index is 2.45. The Morgan fingerprint density at radius 2 is 1.97 bits per heavy atom. The van der Waals surface area contributed by atoms with Gasteiger partial charge in [0, 0.05) is 25.3 Å². The molecule has 0 amide bonds. The van der Waals surface area contributed by atoms with Crippen molar-refractivity contribution in [2.24, 2.45) is 0 Å². The average molecular weight is 481 g/mol. The van der Waals surface area contributed by atoms with Crippen molar-refractivity contribution in [3.05, 3.63) is 32.5 Å². The molecule has 4 heterocycles. The number of rotatable bonds is 7. The summed E-state index contributed by atoms with van der Waals surface area (Å²) in [7, 11) is 0. The SMILES string of the molecule is CCCCc1c(CC)csc1-c1sc(/C(SC)=C2\CCCSC2)c2c1SCCC2. The van der Waals surface area contributed by atoms with Gasteiger partial charge in [-0.25, -0.2) is 0 Å². The van der Waals surface area contributed by atoms with Gasteiger partial charge >= 0.3 is 0 Å². The highest BCUT2D eigenvalue weighted by Crippen LogP contribution is 2.53. The summed E-state index contributed by atoms with van der Waals surface area (Å²) in [6.07, 6.45) is 12.6. The lowest BCUT2D eigenvalue weighted by molar-refractivity contribution is 0.791. The number of thiophene rings is 2. The fourth-order valence-corrected chi connectivity index (χ4v) is 10.8. The summed E-state index contributed by atoms with van der Waals surface area (Å²) in [6.45, 7) is 4.64. The van der Waals surface area contributed by atoms with E-state index in [1.165, 1.54) is 68.6 Å². The molecule has 0 unspecified atom stereocenters. The van der Waals surface area contributed by atoms with Crippen LogP contribution in [0.4, 0.5) is 0 Å². The van der Waals surface area contributed by atoms with Crippen LogP contribution in [0.5, 0.6) is 0 Å². The predicted octanol–water partition coefficient (Wildman–Crippen LogP) is 9.02. The molecule has 158 valence electrons. The van der Waals surface area contributed by atoms with Gasteiger partial charge in [0.15, 0.2) is 0 Å². The van der Waals surface area contributed by atoms with Crippen molar-refractivity contribution in [2.45, 2.75) is 70.1 Å². The molecule has 0 aromatic carbocycles. The zero-order valence-electron chi connectivity index (χ0n) is 17.9. The van der Waals surface area contributed by atoms with Crippen LogP contribution in [-0.2, 0) is 19.3 Å². The van der Waals surface area contributed by atoms with E-state index in [-0.39, 0.29) is 0 Å². The molecule has 0 spiro atoms. The Balaban J connectivity index is 1.83. The topological polar surface area (TPSA) is 0 Å². The van der Waals surface area contributed by atoms with Gasteiger partial charge in [0.05, 0.1) is 4.88 Å². The first kappa shape index (κ1) is 22.4. The van der Waals surface area contributed by atoms with E-state index in [4.69, 9.17) is 0 Å². The first-order valence-electron chi connectivity index (χ1n) is 11.0. The molecule has 0 radical (unpaired) electrons. The second-order valence-corrected chi connectivity index (χ2v) is 12.8. The molecule has 1 saturated heterocycles. The van der Waals surface area contributed by atoms with Crippen molar-refractivity contribution in [3.8, 4) is 9.75 Å². The quantitative estimate of drug-likeness (QED) is 0.388. The Morgan fingerprint density at radius 3 is 2.69 bits per heavy atom. The smallest absolute Gasteiger partial charge is 0.0591 e. The molecule has 5 heteroatoms. The Labute approximate surface area is 197 Å². The third-order valence-corrected chi connectivity index (χ3v) is 11.9. The largest absolute Gasteiger partial charge is 0.157 e. The minimum Gasteiger partial charge on any atom is -0.157 e. The van der Waals surface area contributed by atoms with Gasteiger partial charge in [0.25, 0.3) is 0 Å². The summed E-state index contributed by atoms with van der Waals surface area (Å²) in [6, 6.07) is 0. The molecule has 0 bridgehead atoms. The van der Waals surface area contributed by atoms with Gasteiger partial charge in [-0.15, -0.1) is 46.2 Å². The Hall–Kier alpha value is 0.190.